The van der Waals surface area contributed by atoms with E-state index in [0.717, 1.165) is 65.1 Å². The number of nitrogens with one attached hydrogen (secondary N) is 1. The van der Waals surface area contributed by atoms with E-state index in [4.69, 9.17) is 10.8 Å². The highest BCUT2D eigenvalue weighted by atomic mass is 19.4. The first-order valence-electron chi connectivity index (χ1n) is 14.7. The van der Waals surface area contributed by atoms with Crippen LogP contribution in [0, 0.1) is 19.8 Å². The number of carbonyl (C=O) groups is 1. The summed E-state index contributed by atoms with van der Waals surface area (Å²) in [5.74, 6) is 0.561. The average molecular weight is 590 g/mol. The van der Waals surface area contributed by atoms with E-state index in [-0.39, 0.29) is 0 Å². The summed E-state index contributed by atoms with van der Waals surface area (Å²) in [5, 5.41) is 7.81. The number of alkyl halides is 3. The minimum absolute atomic E-state index is 0.541. The third-order valence-electron chi connectivity index (χ3n) is 8.13. The first-order valence-corrected chi connectivity index (χ1v) is 14.7. The van der Waals surface area contributed by atoms with Crippen molar-refractivity contribution in [3.8, 4) is 16.9 Å². The molecule has 0 fully saturated rings. The molecule has 0 radical (unpaired) electrons. The fourth-order valence-electron chi connectivity index (χ4n) is 5.84. The molecule has 0 atom stereocenters. The lowest BCUT2D eigenvalue weighted by atomic mass is 9.97. The topological polar surface area (TPSA) is 76.2 Å². The van der Waals surface area contributed by atoms with Crippen LogP contribution >= 0.6 is 0 Å². The van der Waals surface area contributed by atoms with Crippen LogP contribution in [0.1, 0.15) is 59.3 Å². The molecule has 226 valence electrons. The molecule has 0 spiro atoms. The first-order chi connectivity index (χ1) is 20.4. The molecule has 4 aromatic rings. The summed E-state index contributed by atoms with van der Waals surface area (Å²) in [6, 6.07) is 17.3. The number of halogens is 3. The lowest BCUT2D eigenvalue weighted by Gasteiger charge is -2.27. The van der Waals surface area contributed by atoms with Gasteiger partial charge in [-0.1, -0.05) is 50.2 Å². The highest BCUT2D eigenvalue weighted by Crippen LogP contribution is 2.37. The highest BCUT2D eigenvalue weighted by molar-refractivity contribution is 5.88. The molecule has 0 bridgehead atoms. The van der Waals surface area contributed by atoms with Crippen molar-refractivity contribution in [3.05, 3.63) is 99.7 Å². The Balaban J connectivity index is 1.56. The van der Waals surface area contributed by atoms with Crippen LogP contribution in [0.15, 0.2) is 60.7 Å². The summed E-state index contributed by atoms with van der Waals surface area (Å²) in [6.45, 7) is 10.2. The van der Waals surface area contributed by atoms with Crippen molar-refractivity contribution in [2.75, 3.05) is 11.9 Å². The molecule has 0 saturated heterocycles. The number of carbonyl (C=O) groups excluding carboxylic acids is 1. The number of aromatic nitrogens is 2. The van der Waals surface area contributed by atoms with Gasteiger partial charge in [0.05, 0.1) is 22.6 Å². The van der Waals surface area contributed by atoms with Crippen molar-refractivity contribution in [1.29, 1.82) is 0 Å². The van der Waals surface area contributed by atoms with Gasteiger partial charge < -0.3 is 11.1 Å². The molecule has 1 aliphatic rings. The minimum atomic E-state index is -4.36. The third-order valence-corrected chi connectivity index (χ3v) is 8.13. The molecule has 0 unspecified atom stereocenters. The molecule has 3 aromatic carbocycles. The van der Waals surface area contributed by atoms with E-state index in [1.807, 2.05) is 24.3 Å². The molecular formula is C34H38F3N5O. The van der Waals surface area contributed by atoms with E-state index in [2.05, 4.69) is 53.9 Å². The zero-order chi connectivity index (χ0) is 30.9. The zero-order valence-electron chi connectivity index (χ0n) is 25.1. The second-order valence-electron chi connectivity index (χ2n) is 11.9. The van der Waals surface area contributed by atoms with Crippen molar-refractivity contribution in [2.45, 2.75) is 66.2 Å². The predicted molar refractivity (Wildman–Crippen MR) is 164 cm³/mol. The number of hydrogen-bond donors (Lipinski definition) is 2. The Hall–Kier alpha value is -4.11. The molecule has 3 N–H and O–H groups in total. The maximum atomic E-state index is 13.3. The van der Waals surface area contributed by atoms with Gasteiger partial charge in [-0.25, -0.2) is 9.48 Å². The summed E-state index contributed by atoms with van der Waals surface area (Å²) < 4.78 is 41.9. The van der Waals surface area contributed by atoms with E-state index in [9.17, 15) is 18.0 Å². The van der Waals surface area contributed by atoms with Crippen LogP contribution in [0.3, 0.4) is 0 Å². The van der Waals surface area contributed by atoms with Gasteiger partial charge in [0.15, 0.2) is 0 Å². The second-order valence-corrected chi connectivity index (χ2v) is 11.9. The minimum Gasteiger partial charge on any atom is -0.351 e. The molecule has 1 aromatic heterocycles. The van der Waals surface area contributed by atoms with Crippen molar-refractivity contribution >= 4 is 11.7 Å². The van der Waals surface area contributed by atoms with Gasteiger partial charge in [-0.05, 0) is 79.1 Å². The Labute approximate surface area is 250 Å². The second kappa shape index (κ2) is 12.2. The standard InChI is InChI=1S/C34H38F3N5O/c1-21(2)8-9-24-7-5-6-22(3)31(24)42-32(25-11-14-28(15-12-25)39-33(38)43)29-20-41(17-16-30(29)40-42)19-26-10-13-27(18-23(26)4)34(35,36)37/h5-7,10-15,18,21H,8-9,16-17,19-20H2,1-4H3,(H3,38,39,43). The Morgan fingerprint density at radius 3 is 2.42 bits per heavy atom. The lowest BCUT2D eigenvalue weighted by Crippen LogP contribution is -2.30. The van der Waals surface area contributed by atoms with Crippen LogP contribution < -0.4 is 11.1 Å². The highest BCUT2D eigenvalue weighted by Gasteiger charge is 2.31. The van der Waals surface area contributed by atoms with Crippen molar-refractivity contribution in [2.24, 2.45) is 11.7 Å². The summed E-state index contributed by atoms with van der Waals surface area (Å²) in [5.41, 5.74) is 14.3. The molecular weight excluding hydrogens is 551 g/mol. The van der Waals surface area contributed by atoms with Gasteiger partial charge >= 0.3 is 12.2 Å². The van der Waals surface area contributed by atoms with Crippen LogP contribution in [-0.2, 0) is 32.1 Å². The van der Waals surface area contributed by atoms with Gasteiger partial charge in [-0.2, -0.15) is 18.3 Å². The molecule has 2 amide bonds. The molecule has 5 rings (SSSR count). The van der Waals surface area contributed by atoms with E-state index in [0.29, 0.717) is 30.3 Å². The van der Waals surface area contributed by atoms with Crippen molar-refractivity contribution < 1.29 is 18.0 Å². The zero-order valence-corrected chi connectivity index (χ0v) is 25.1. The van der Waals surface area contributed by atoms with Gasteiger partial charge in [-0.3, -0.25) is 4.90 Å². The van der Waals surface area contributed by atoms with E-state index >= 15 is 0 Å². The van der Waals surface area contributed by atoms with E-state index in [1.54, 1.807) is 13.0 Å². The normalized spacial score (nSPS) is 13.8. The van der Waals surface area contributed by atoms with Crippen LogP contribution in [-0.4, -0.2) is 27.3 Å². The summed E-state index contributed by atoms with van der Waals surface area (Å²) in [7, 11) is 0. The van der Waals surface area contributed by atoms with Crippen molar-refractivity contribution in [1.82, 2.24) is 14.7 Å². The van der Waals surface area contributed by atoms with Crippen LogP contribution in [0.2, 0.25) is 0 Å². The number of hydrogen-bond acceptors (Lipinski definition) is 3. The SMILES string of the molecule is Cc1cc(C(F)(F)F)ccc1CN1CCc2nn(-c3c(C)cccc3CCC(C)C)c(-c3ccc(NC(N)=O)cc3)c2C1. The number of nitrogens with two attached hydrogens (primary N) is 1. The van der Waals surface area contributed by atoms with Gasteiger partial charge in [0.1, 0.15) is 0 Å². The molecule has 1 aliphatic heterocycles. The number of fused-ring (bicyclic) bond motifs is 1. The number of primary amides is 1. The van der Waals surface area contributed by atoms with E-state index < -0.39 is 17.8 Å². The van der Waals surface area contributed by atoms with Gasteiger partial charge in [0.25, 0.3) is 0 Å². The molecule has 9 heteroatoms. The number of amides is 2. The third kappa shape index (κ3) is 6.77. The molecule has 2 heterocycles. The number of anilines is 1. The van der Waals surface area contributed by atoms with Crippen molar-refractivity contribution in [3.63, 3.8) is 0 Å². The fourth-order valence-corrected chi connectivity index (χ4v) is 5.84. The number of urea groups is 1. The average Bonchev–Trinajstić information content (AvgIpc) is 3.30. The number of nitrogens with zero attached hydrogens (tertiary/aromatic N) is 3. The van der Waals surface area contributed by atoms with E-state index in [1.165, 1.54) is 17.7 Å². The first kappa shape index (κ1) is 30.4. The molecule has 43 heavy (non-hydrogen) atoms. The van der Waals surface area contributed by atoms with Gasteiger partial charge in [-0.15, -0.1) is 0 Å². The number of benzene rings is 3. The lowest BCUT2D eigenvalue weighted by molar-refractivity contribution is -0.137. The Kier molecular flexibility index (Phi) is 8.64. The van der Waals surface area contributed by atoms with Crippen LogP contribution in [0.25, 0.3) is 16.9 Å². The Morgan fingerprint density at radius 1 is 1.02 bits per heavy atom. The van der Waals surface area contributed by atoms with Gasteiger partial charge in [0.2, 0.25) is 0 Å². The largest absolute Gasteiger partial charge is 0.416 e. The number of para-hydroxylation sites is 1. The summed E-state index contributed by atoms with van der Waals surface area (Å²) in [6.07, 6.45) is -1.65. The van der Waals surface area contributed by atoms with Crippen LogP contribution in [0.4, 0.5) is 23.7 Å². The number of aryl methyl sites for hydroxylation is 3. The predicted octanol–water partition coefficient (Wildman–Crippen LogP) is 7.81. The Bertz CT molecular complexity index is 1620. The Morgan fingerprint density at radius 2 is 1.77 bits per heavy atom. The monoisotopic (exact) mass is 589 g/mol. The van der Waals surface area contributed by atoms with Crippen LogP contribution in [0.5, 0.6) is 0 Å². The fraction of sp³-hybridized carbons (Fsp3) is 0.353. The summed E-state index contributed by atoms with van der Waals surface area (Å²) >= 11 is 0. The molecule has 0 saturated carbocycles. The maximum absolute atomic E-state index is 13.3. The van der Waals surface area contributed by atoms with Gasteiger partial charge in [0, 0.05) is 42.9 Å². The maximum Gasteiger partial charge on any atom is 0.416 e. The number of rotatable bonds is 8. The molecule has 6 nitrogen and oxygen atoms in total. The molecule has 0 aliphatic carbocycles. The summed E-state index contributed by atoms with van der Waals surface area (Å²) in [4.78, 5) is 13.7. The quantitative estimate of drug-likeness (QED) is 0.220. The smallest absolute Gasteiger partial charge is 0.351 e.